The maximum atomic E-state index is 12.1. The Kier molecular flexibility index (Phi) is 3.43. The van der Waals surface area contributed by atoms with Crippen LogP contribution in [0.3, 0.4) is 0 Å². The van der Waals surface area contributed by atoms with Crippen molar-refractivity contribution in [2.75, 3.05) is 13.2 Å². The minimum atomic E-state index is 0.196. The average molecular weight is 286 g/mol. The number of carbonyl (C=O) groups is 1. The molecule has 0 bridgehead atoms. The quantitative estimate of drug-likeness (QED) is 0.916. The van der Waals surface area contributed by atoms with Gasteiger partial charge in [-0.2, -0.15) is 0 Å². The molecule has 1 amide bonds. The normalized spacial score (nSPS) is 30.6. The zero-order valence-corrected chi connectivity index (χ0v) is 12.3. The van der Waals surface area contributed by atoms with E-state index < -0.39 is 0 Å². The second kappa shape index (κ2) is 5.43. The van der Waals surface area contributed by atoms with Crippen LogP contribution in [-0.4, -0.2) is 36.1 Å². The van der Waals surface area contributed by atoms with E-state index in [0.717, 1.165) is 39.1 Å². The van der Waals surface area contributed by atoms with E-state index in [4.69, 9.17) is 4.74 Å². The molecule has 2 aliphatic heterocycles. The van der Waals surface area contributed by atoms with Crippen molar-refractivity contribution in [1.29, 1.82) is 0 Å². The molecule has 1 N–H and O–H groups in total. The summed E-state index contributed by atoms with van der Waals surface area (Å²) in [5.41, 5.74) is 2.81. The van der Waals surface area contributed by atoms with Gasteiger partial charge in [-0.05, 0) is 24.0 Å². The summed E-state index contributed by atoms with van der Waals surface area (Å²) in [6.07, 6.45) is 3.13. The Balaban J connectivity index is 1.22. The molecular formula is C17H22N2O2. The van der Waals surface area contributed by atoms with Crippen molar-refractivity contribution in [3.63, 3.8) is 0 Å². The highest BCUT2D eigenvalue weighted by Gasteiger charge is 2.45. The van der Waals surface area contributed by atoms with Gasteiger partial charge in [0, 0.05) is 44.6 Å². The number of rotatable bonds is 4. The van der Waals surface area contributed by atoms with Crippen molar-refractivity contribution in [3.8, 4) is 0 Å². The van der Waals surface area contributed by atoms with Crippen molar-refractivity contribution in [1.82, 2.24) is 10.2 Å². The van der Waals surface area contributed by atoms with E-state index in [0.29, 0.717) is 24.5 Å². The largest absolute Gasteiger partial charge is 0.378 e. The molecule has 0 unspecified atom stereocenters. The van der Waals surface area contributed by atoms with Crippen molar-refractivity contribution in [3.05, 3.63) is 35.4 Å². The summed E-state index contributed by atoms with van der Waals surface area (Å²) >= 11 is 0. The fourth-order valence-corrected chi connectivity index (χ4v) is 3.86. The molecule has 4 rings (SSSR count). The van der Waals surface area contributed by atoms with Gasteiger partial charge in [0.1, 0.15) is 0 Å². The van der Waals surface area contributed by atoms with Crippen LogP contribution in [0.25, 0.3) is 0 Å². The fraction of sp³-hybridized carbons (Fsp3) is 0.588. The van der Waals surface area contributed by atoms with Gasteiger partial charge < -0.3 is 10.1 Å². The molecule has 2 fully saturated rings. The number of nitrogens with zero attached hydrogens (tertiary/aromatic N) is 1. The number of hydrogen-bond donors (Lipinski definition) is 1. The summed E-state index contributed by atoms with van der Waals surface area (Å²) in [6.45, 7) is 3.67. The van der Waals surface area contributed by atoms with Gasteiger partial charge in [0.15, 0.2) is 0 Å². The van der Waals surface area contributed by atoms with Gasteiger partial charge in [-0.1, -0.05) is 24.3 Å². The van der Waals surface area contributed by atoms with Crippen LogP contribution in [-0.2, 0) is 22.6 Å². The lowest BCUT2D eigenvalue weighted by Gasteiger charge is -2.39. The number of ether oxygens (including phenoxy) is 1. The van der Waals surface area contributed by atoms with E-state index in [9.17, 15) is 4.79 Å². The van der Waals surface area contributed by atoms with Crippen LogP contribution >= 0.6 is 0 Å². The third-order valence-electron chi connectivity index (χ3n) is 5.17. The van der Waals surface area contributed by atoms with Crippen LogP contribution in [0.2, 0.25) is 0 Å². The second-order valence-electron chi connectivity index (χ2n) is 6.50. The summed E-state index contributed by atoms with van der Waals surface area (Å²) in [7, 11) is 0. The van der Waals surface area contributed by atoms with Crippen LogP contribution in [0.5, 0.6) is 0 Å². The predicted octanol–water partition coefficient (Wildman–Crippen LogP) is 1.69. The molecule has 4 heteroatoms. The molecule has 1 aromatic rings. The minimum absolute atomic E-state index is 0.196. The minimum Gasteiger partial charge on any atom is -0.378 e. The molecule has 1 saturated heterocycles. The van der Waals surface area contributed by atoms with Crippen LogP contribution in [0, 0.1) is 5.92 Å². The lowest BCUT2D eigenvalue weighted by atomic mass is 9.76. The maximum absolute atomic E-state index is 12.1. The Morgan fingerprint density at radius 3 is 2.76 bits per heavy atom. The summed E-state index contributed by atoms with van der Waals surface area (Å²) < 4.78 is 5.58. The van der Waals surface area contributed by atoms with E-state index >= 15 is 0 Å². The van der Waals surface area contributed by atoms with Gasteiger partial charge in [-0.3, -0.25) is 9.69 Å². The van der Waals surface area contributed by atoms with Gasteiger partial charge in [0.05, 0.1) is 6.10 Å². The molecule has 1 aromatic carbocycles. The monoisotopic (exact) mass is 286 g/mol. The summed E-state index contributed by atoms with van der Waals surface area (Å²) in [4.78, 5) is 14.4. The number of amides is 1. The molecule has 0 radical (unpaired) electrons. The van der Waals surface area contributed by atoms with E-state index in [-0.39, 0.29) is 5.91 Å². The first kappa shape index (κ1) is 13.3. The highest BCUT2D eigenvalue weighted by molar-refractivity contribution is 5.76. The highest BCUT2D eigenvalue weighted by Crippen LogP contribution is 2.38. The lowest BCUT2D eigenvalue weighted by molar-refractivity contribution is -0.124. The van der Waals surface area contributed by atoms with Crippen molar-refractivity contribution < 1.29 is 9.53 Å². The van der Waals surface area contributed by atoms with Gasteiger partial charge in [-0.15, -0.1) is 0 Å². The van der Waals surface area contributed by atoms with Crippen molar-refractivity contribution in [2.24, 2.45) is 5.92 Å². The van der Waals surface area contributed by atoms with Crippen molar-refractivity contribution >= 4 is 5.91 Å². The first-order valence-corrected chi connectivity index (χ1v) is 8.00. The number of carbonyl (C=O) groups excluding carboxylic acids is 1. The van der Waals surface area contributed by atoms with Gasteiger partial charge in [0.2, 0.25) is 5.91 Å². The second-order valence-corrected chi connectivity index (χ2v) is 6.50. The molecule has 21 heavy (non-hydrogen) atoms. The van der Waals surface area contributed by atoms with Gasteiger partial charge >= 0.3 is 0 Å². The Labute approximate surface area is 125 Å². The van der Waals surface area contributed by atoms with E-state index in [1.165, 1.54) is 11.1 Å². The molecular weight excluding hydrogens is 264 g/mol. The Bertz CT molecular complexity index is 520. The third-order valence-corrected chi connectivity index (χ3v) is 5.17. The fourth-order valence-electron chi connectivity index (χ4n) is 3.86. The first-order valence-electron chi connectivity index (χ1n) is 8.00. The van der Waals surface area contributed by atoms with E-state index in [2.05, 4.69) is 34.5 Å². The molecule has 0 aromatic heterocycles. The topological polar surface area (TPSA) is 41.6 Å². The Hall–Kier alpha value is -1.39. The number of benzene rings is 1. The maximum Gasteiger partial charge on any atom is 0.221 e. The zero-order valence-electron chi connectivity index (χ0n) is 12.3. The molecule has 112 valence electrons. The van der Waals surface area contributed by atoms with Crippen LogP contribution in [0.4, 0.5) is 0 Å². The molecule has 3 atom stereocenters. The van der Waals surface area contributed by atoms with Crippen molar-refractivity contribution in [2.45, 2.75) is 44.5 Å². The highest BCUT2D eigenvalue weighted by atomic mass is 16.5. The molecule has 4 nitrogen and oxygen atoms in total. The molecule has 0 spiro atoms. The standard InChI is InChI=1S/C17H22N2O2/c20-17(18-15-9-16-14(15)6-8-21-16)5-7-19-10-12-3-1-2-4-13(12)11-19/h1-4,14-16H,5-11H2,(H,18,20)/t14-,15+,16+/m1/s1. The van der Waals surface area contributed by atoms with Gasteiger partial charge in [-0.25, -0.2) is 0 Å². The molecule has 1 aliphatic carbocycles. The van der Waals surface area contributed by atoms with Crippen LogP contribution in [0.1, 0.15) is 30.4 Å². The van der Waals surface area contributed by atoms with Gasteiger partial charge in [0.25, 0.3) is 0 Å². The van der Waals surface area contributed by atoms with Crippen LogP contribution in [0.15, 0.2) is 24.3 Å². The zero-order chi connectivity index (χ0) is 14.2. The molecule has 1 saturated carbocycles. The molecule has 2 heterocycles. The number of nitrogens with one attached hydrogen (secondary N) is 1. The average Bonchev–Trinajstić information content (AvgIpc) is 3.05. The SMILES string of the molecule is O=C(CCN1Cc2ccccc2C1)N[C@H]1C[C@@H]2OCC[C@H]12. The van der Waals surface area contributed by atoms with Crippen LogP contribution < -0.4 is 5.32 Å². The van der Waals surface area contributed by atoms with E-state index in [1.807, 2.05) is 0 Å². The summed E-state index contributed by atoms with van der Waals surface area (Å²) in [6, 6.07) is 8.91. The third kappa shape index (κ3) is 2.58. The lowest BCUT2D eigenvalue weighted by Crippen LogP contribution is -2.53. The predicted molar refractivity (Wildman–Crippen MR) is 79.6 cm³/mol. The summed E-state index contributed by atoms with van der Waals surface area (Å²) in [5.74, 6) is 0.770. The summed E-state index contributed by atoms with van der Waals surface area (Å²) in [5, 5.41) is 3.19. The number of hydrogen-bond acceptors (Lipinski definition) is 3. The Morgan fingerprint density at radius 2 is 2.05 bits per heavy atom. The Morgan fingerprint density at radius 1 is 1.29 bits per heavy atom. The first-order chi connectivity index (χ1) is 10.3. The molecule has 3 aliphatic rings. The van der Waals surface area contributed by atoms with E-state index in [1.54, 1.807) is 0 Å². The smallest absolute Gasteiger partial charge is 0.221 e. The number of fused-ring (bicyclic) bond motifs is 2.